The van der Waals surface area contributed by atoms with Crippen molar-refractivity contribution in [3.63, 3.8) is 0 Å². The van der Waals surface area contributed by atoms with Gasteiger partial charge in [0.25, 0.3) is 5.91 Å². The molecule has 4 nitrogen and oxygen atoms in total. The number of carboxylic acids is 1. The molecule has 1 aromatic rings. The van der Waals surface area contributed by atoms with Gasteiger partial charge in [-0.15, -0.1) is 0 Å². The van der Waals surface area contributed by atoms with Crippen LogP contribution in [-0.4, -0.2) is 23.0 Å². The molecule has 1 aliphatic rings. The van der Waals surface area contributed by atoms with Crippen LogP contribution in [0.5, 0.6) is 0 Å². The van der Waals surface area contributed by atoms with Gasteiger partial charge in [0.2, 0.25) is 0 Å². The van der Waals surface area contributed by atoms with Crippen molar-refractivity contribution in [2.45, 2.75) is 25.8 Å². The second kappa shape index (κ2) is 5.04. The van der Waals surface area contributed by atoms with Gasteiger partial charge >= 0.3 is 5.97 Å². The Hall–Kier alpha value is -2.10. The van der Waals surface area contributed by atoms with E-state index < -0.39 is 5.97 Å². The summed E-state index contributed by atoms with van der Waals surface area (Å²) in [5.74, 6) is -1.08. The van der Waals surface area contributed by atoms with Gasteiger partial charge in [-0.3, -0.25) is 4.79 Å². The normalized spacial score (nSPS) is 14.7. The maximum atomic E-state index is 12.0. The summed E-state index contributed by atoms with van der Waals surface area (Å²) in [5.41, 5.74) is 2.21. The third-order valence-corrected chi connectivity index (χ3v) is 2.84. The van der Waals surface area contributed by atoms with Crippen molar-refractivity contribution in [3.8, 4) is 0 Å². The molecular weight excluding hydrogens is 230 g/mol. The molecule has 18 heavy (non-hydrogen) atoms. The van der Waals surface area contributed by atoms with Crippen LogP contribution < -0.4 is 5.32 Å². The van der Waals surface area contributed by atoms with Crippen LogP contribution in [0.1, 0.15) is 34.3 Å². The number of hydrogen-bond donors (Lipinski definition) is 2. The summed E-state index contributed by atoms with van der Waals surface area (Å²) in [6.07, 6.45) is 4.63. The molecule has 0 spiro atoms. The van der Waals surface area contributed by atoms with Crippen LogP contribution in [-0.2, 0) is 4.79 Å². The molecule has 4 heteroatoms. The quantitative estimate of drug-likeness (QED) is 0.797. The first-order valence-electron chi connectivity index (χ1n) is 5.89. The number of carbonyl (C=O) groups excluding carboxylic acids is 1. The minimum atomic E-state index is -1.00. The van der Waals surface area contributed by atoms with Crippen molar-refractivity contribution >= 4 is 18.0 Å². The third kappa shape index (κ3) is 3.20. The molecule has 0 radical (unpaired) electrons. The van der Waals surface area contributed by atoms with E-state index in [1.807, 2.05) is 13.0 Å². The predicted octanol–water partition coefficient (Wildman–Crippen LogP) is 1.99. The highest BCUT2D eigenvalue weighted by Gasteiger charge is 2.24. The van der Waals surface area contributed by atoms with Crippen molar-refractivity contribution in [1.82, 2.24) is 5.32 Å². The fourth-order valence-electron chi connectivity index (χ4n) is 1.65. The molecule has 0 saturated heterocycles. The zero-order chi connectivity index (χ0) is 13.1. The lowest BCUT2D eigenvalue weighted by Crippen LogP contribution is -2.26. The molecule has 2 N–H and O–H groups in total. The number of carbonyl (C=O) groups is 2. The molecule has 1 amide bonds. The molecule has 0 unspecified atom stereocenters. The Kier molecular flexibility index (Phi) is 3.46. The number of aryl methyl sites for hydroxylation is 1. The Bertz CT molecular complexity index is 516. The Morgan fingerprint density at radius 3 is 2.72 bits per heavy atom. The molecule has 0 aliphatic heterocycles. The number of aliphatic carboxylic acids is 1. The van der Waals surface area contributed by atoms with Crippen LogP contribution in [0.2, 0.25) is 0 Å². The van der Waals surface area contributed by atoms with E-state index in [-0.39, 0.29) is 5.91 Å². The molecule has 0 aromatic heterocycles. The molecule has 94 valence electrons. The van der Waals surface area contributed by atoms with Gasteiger partial charge in [-0.1, -0.05) is 12.1 Å². The minimum absolute atomic E-state index is 0.0828. The number of nitrogens with one attached hydrogen (secondary N) is 1. The lowest BCUT2D eigenvalue weighted by Gasteiger charge is -2.07. The van der Waals surface area contributed by atoms with Gasteiger partial charge in [-0.25, -0.2) is 4.79 Å². The van der Waals surface area contributed by atoms with Gasteiger partial charge in [0.05, 0.1) is 0 Å². The van der Waals surface area contributed by atoms with E-state index in [1.54, 1.807) is 12.1 Å². The number of amides is 1. The summed E-state index contributed by atoms with van der Waals surface area (Å²) in [6, 6.07) is 5.65. The van der Waals surface area contributed by atoms with E-state index in [0.29, 0.717) is 17.2 Å². The van der Waals surface area contributed by atoms with E-state index in [9.17, 15) is 9.59 Å². The lowest BCUT2D eigenvalue weighted by atomic mass is 10.0. The SMILES string of the molecule is Cc1ccc(C=CC(=O)O)cc1C(=O)NC1CC1. The van der Waals surface area contributed by atoms with Gasteiger partial charge in [0, 0.05) is 17.7 Å². The summed E-state index contributed by atoms with van der Waals surface area (Å²) in [4.78, 5) is 22.4. The van der Waals surface area contributed by atoms with Gasteiger partial charge in [0.1, 0.15) is 0 Å². The van der Waals surface area contributed by atoms with Crippen molar-refractivity contribution in [1.29, 1.82) is 0 Å². The molecule has 2 rings (SSSR count). The largest absolute Gasteiger partial charge is 0.478 e. The highest BCUT2D eigenvalue weighted by Crippen LogP contribution is 2.20. The maximum Gasteiger partial charge on any atom is 0.328 e. The van der Waals surface area contributed by atoms with Crippen LogP contribution in [0.15, 0.2) is 24.3 Å². The van der Waals surface area contributed by atoms with Crippen molar-refractivity contribution in [3.05, 3.63) is 41.0 Å². The smallest absolute Gasteiger partial charge is 0.328 e. The molecule has 0 heterocycles. The minimum Gasteiger partial charge on any atom is -0.478 e. The van der Waals surface area contributed by atoms with Crippen LogP contribution in [0.4, 0.5) is 0 Å². The fraction of sp³-hybridized carbons (Fsp3) is 0.286. The standard InChI is InChI=1S/C14H15NO3/c1-9-2-3-10(4-7-13(16)17)8-12(9)14(18)15-11-5-6-11/h2-4,7-8,11H,5-6H2,1H3,(H,15,18)(H,16,17). The van der Waals surface area contributed by atoms with Crippen LogP contribution >= 0.6 is 0 Å². The van der Waals surface area contributed by atoms with E-state index in [1.165, 1.54) is 6.08 Å². The van der Waals surface area contributed by atoms with Crippen LogP contribution in [0.3, 0.4) is 0 Å². The van der Waals surface area contributed by atoms with E-state index in [0.717, 1.165) is 24.5 Å². The van der Waals surface area contributed by atoms with Crippen LogP contribution in [0, 0.1) is 6.92 Å². The summed E-state index contributed by atoms with van der Waals surface area (Å²) in [6.45, 7) is 1.87. The summed E-state index contributed by atoms with van der Waals surface area (Å²) < 4.78 is 0. The molecule has 1 aliphatic carbocycles. The summed E-state index contributed by atoms with van der Waals surface area (Å²) in [7, 11) is 0. The average molecular weight is 245 g/mol. The van der Waals surface area contributed by atoms with Gasteiger partial charge < -0.3 is 10.4 Å². The lowest BCUT2D eigenvalue weighted by molar-refractivity contribution is -0.131. The third-order valence-electron chi connectivity index (χ3n) is 2.84. The first-order valence-corrected chi connectivity index (χ1v) is 5.89. The highest BCUT2D eigenvalue weighted by atomic mass is 16.4. The Morgan fingerprint density at radius 1 is 1.39 bits per heavy atom. The number of benzene rings is 1. The van der Waals surface area contributed by atoms with Crippen LogP contribution in [0.25, 0.3) is 6.08 Å². The van der Waals surface area contributed by atoms with Crippen molar-refractivity contribution < 1.29 is 14.7 Å². The van der Waals surface area contributed by atoms with Gasteiger partial charge in [0.15, 0.2) is 0 Å². The predicted molar refractivity (Wildman–Crippen MR) is 68.3 cm³/mol. The first kappa shape index (κ1) is 12.4. The monoisotopic (exact) mass is 245 g/mol. The summed E-state index contributed by atoms with van der Waals surface area (Å²) >= 11 is 0. The second-order valence-corrected chi connectivity index (χ2v) is 4.49. The van der Waals surface area contributed by atoms with E-state index >= 15 is 0 Å². The van der Waals surface area contributed by atoms with E-state index in [2.05, 4.69) is 5.32 Å². The van der Waals surface area contributed by atoms with Crippen molar-refractivity contribution in [2.75, 3.05) is 0 Å². The highest BCUT2D eigenvalue weighted by molar-refractivity contribution is 5.96. The Labute approximate surface area is 105 Å². The molecule has 1 fully saturated rings. The van der Waals surface area contributed by atoms with Gasteiger partial charge in [-0.05, 0) is 43.0 Å². The fourth-order valence-corrected chi connectivity index (χ4v) is 1.65. The zero-order valence-electron chi connectivity index (χ0n) is 10.1. The molecular formula is C14H15NO3. The first-order chi connectivity index (χ1) is 8.56. The number of rotatable bonds is 4. The van der Waals surface area contributed by atoms with Gasteiger partial charge in [-0.2, -0.15) is 0 Å². The van der Waals surface area contributed by atoms with Crippen molar-refractivity contribution in [2.24, 2.45) is 0 Å². The van der Waals surface area contributed by atoms with E-state index in [4.69, 9.17) is 5.11 Å². The molecule has 1 aromatic carbocycles. The molecule has 0 atom stereocenters. The molecule has 1 saturated carbocycles. The zero-order valence-corrected chi connectivity index (χ0v) is 10.1. The number of hydrogen-bond acceptors (Lipinski definition) is 2. The average Bonchev–Trinajstić information content (AvgIpc) is 3.11. The maximum absolute atomic E-state index is 12.0. The summed E-state index contributed by atoms with van der Waals surface area (Å²) in [5, 5.41) is 11.5. The number of carboxylic acid groups (broad SMARTS) is 1. The Balaban J connectivity index is 2.19. The molecule has 0 bridgehead atoms. The Morgan fingerprint density at radius 2 is 2.11 bits per heavy atom. The second-order valence-electron chi connectivity index (χ2n) is 4.49. The topological polar surface area (TPSA) is 66.4 Å².